The lowest BCUT2D eigenvalue weighted by atomic mass is 9.97. The smallest absolute Gasteiger partial charge is 0.265 e. The lowest BCUT2D eigenvalue weighted by Gasteiger charge is -2.35. The van der Waals surface area contributed by atoms with E-state index < -0.39 is 0 Å². The summed E-state index contributed by atoms with van der Waals surface area (Å²) in [6, 6.07) is 13.4. The summed E-state index contributed by atoms with van der Waals surface area (Å²) in [5, 5.41) is 12.2. The molecule has 2 fully saturated rings. The Labute approximate surface area is 302 Å². The maximum atomic E-state index is 13.8. The lowest BCUT2D eigenvalue weighted by molar-refractivity contribution is -0.127. The van der Waals surface area contributed by atoms with Crippen molar-refractivity contribution in [2.24, 2.45) is 7.05 Å². The minimum atomic E-state index is -0.317. The normalized spacial score (nSPS) is 16.6. The van der Waals surface area contributed by atoms with Crippen LogP contribution in [0.3, 0.4) is 0 Å². The van der Waals surface area contributed by atoms with Crippen LogP contribution in [-0.4, -0.2) is 83.0 Å². The predicted molar refractivity (Wildman–Crippen MR) is 197 cm³/mol. The average Bonchev–Trinajstić information content (AvgIpc) is 3.87. The lowest BCUT2D eigenvalue weighted by Crippen LogP contribution is -2.48. The van der Waals surface area contributed by atoms with E-state index in [9.17, 15) is 19.6 Å². The molecule has 0 bridgehead atoms. The standard InChI is InChI=1S/C39H42N6O5S/c1-25-26(2)37(46)42(3)23-31(25)29-19-34(49-4)32(35(20-29)50-5)24-43-13-15-44(16-14-43)38(47)28-9-6-8-27(18-28)33-10-7-12-45(33)39(48)30(22-40)21-36-41-11-17-51-36/h6,8-9,11,17-21,23,33H,7,10,12-16,24H2,1-5H3. The van der Waals surface area contributed by atoms with Crippen molar-refractivity contribution in [1.82, 2.24) is 24.3 Å². The Morgan fingerprint density at radius 3 is 2.41 bits per heavy atom. The third-order valence-corrected chi connectivity index (χ3v) is 10.7. The van der Waals surface area contributed by atoms with Gasteiger partial charge in [-0.05, 0) is 73.7 Å². The van der Waals surface area contributed by atoms with Crippen LogP contribution in [0.5, 0.6) is 11.5 Å². The average molecular weight is 707 g/mol. The number of thiazole rings is 1. The second kappa shape index (κ2) is 15.3. The van der Waals surface area contributed by atoms with Crippen LogP contribution < -0.4 is 15.0 Å². The molecule has 264 valence electrons. The first-order chi connectivity index (χ1) is 24.6. The van der Waals surface area contributed by atoms with Gasteiger partial charge in [0.05, 0.1) is 25.8 Å². The molecule has 4 aromatic rings. The first kappa shape index (κ1) is 35.6. The number of piperazine rings is 1. The van der Waals surface area contributed by atoms with Crippen LogP contribution in [-0.2, 0) is 18.4 Å². The summed E-state index contributed by atoms with van der Waals surface area (Å²) in [7, 11) is 5.05. The van der Waals surface area contributed by atoms with Gasteiger partial charge in [-0.25, -0.2) is 4.98 Å². The molecule has 2 aromatic carbocycles. The number of aryl methyl sites for hydroxylation is 1. The van der Waals surface area contributed by atoms with Crippen molar-refractivity contribution >= 4 is 29.2 Å². The van der Waals surface area contributed by atoms with E-state index in [2.05, 4.69) is 16.0 Å². The topological polar surface area (TPSA) is 121 Å². The fourth-order valence-electron chi connectivity index (χ4n) is 7.04. The molecule has 2 amide bonds. The molecule has 11 nitrogen and oxygen atoms in total. The summed E-state index contributed by atoms with van der Waals surface area (Å²) in [5.41, 5.74) is 5.91. The molecule has 0 aliphatic carbocycles. The SMILES string of the molecule is COc1cc(-c2cn(C)c(=O)c(C)c2C)cc(OC)c1CN1CCN(C(=O)c2cccc(C3CCCN3C(=O)C(C#N)=Cc3nccs3)c2)CC1. The van der Waals surface area contributed by atoms with E-state index in [1.54, 1.807) is 48.4 Å². The minimum Gasteiger partial charge on any atom is -0.496 e. The number of ether oxygens (including phenoxy) is 2. The Kier molecular flexibility index (Phi) is 10.7. The molecular weight excluding hydrogens is 665 g/mol. The van der Waals surface area contributed by atoms with Crippen molar-refractivity contribution < 1.29 is 19.1 Å². The highest BCUT2D eigenvalue weighted by Gasteiger charge is 2.33. The van der Waals surface area contributed by atoms with Crippen molar-refractivity contribution in [3.8, 4) is 28.7 Å². The highest BCUT2D eigenvalue weighted by Crippen LogP contribution is 2.38. The first-order valence-corrected chi connectivity index (χ1v) is 17.9. The second-order valence-electron chi connectivity index (χ2n) is 13.0. The number of amides is 2. The van der Waals surface area contributed by atoms with Crippen LogP contribution in [0.25, 0.3) is 17.2 Å². The number of nitriles is 1. The number of benzene rings is 2. The number of hydrogen-bond acceptors (Lipinski definition) is 9. The number of rotatable bonds is 9. The van der Waals surface area contributed by atoms with E-state index in [4.69, 9.17) is 9.47 Å². The van der Waals surface area contributed by atoms with Gasteiger partial charge in [-0.2, -0.15) is 5.26 Å². The maximum absolute atomic E-state index is 13.8. The second-order valence-corrected chi connectivity index (χ2v) is 13.9. The number of hydrogen-bond donors (Lipinski definition) is 0. The third kappa shape index (κ3) is 7.31. The van der Waals surface area contributed by atoms with Gasteiger partial charge >= 0.3 is 0 Å². The number of likely N-dealkylation sites (tertiary alicyclic amines) is 1. The van der Waals surface area contributed by atoms with Gasteiger partial charge < -0.3 is 23.8 Å². The molecule has 6 rings (SSSR count). The number of carbonyl (C=O) groups is 2. The van der Waals surface area contributed by atoms with Crippen LogP contribution in [0.4, 0.5) is 0 Å². The van der Waals surface area contributed by atoms with E-state index in [-0.39, 0.29) is 29.0 Å². The van der Waals surface area contributed by atoms with Crippen molar-refractivity contribution in [3.63, 3.8) is 0 Å². The molecule has 4 heterocycles. The summed E-state index contributed by atoms with van der Waals surface area (Å²) in [5.74, 6) is 1.04. The molecule has 0 radical (unpaired) electrons. The zero-order valence-corrected chi connectivity index (χ0v) is 30.5. The van der Waals surface area contributed by atoms with Crippen molar-refractivity contribution in [1.29, 1.82) is 5.26 Å². The molecule has 12 heteroatoms. The van der Waals surface area contributed by atoms with Gasteiger partial charge in [0.1, 0.15) is 28.1 Å². The van der Waals surface area contributed by atoms with Crippen LogP contribution >= 0.6 is 11.3 Å². The highest BCUT2D eigenvalue weighted by molar-refractivity contribution is 7.10. The van der Waals surface area contributed by atoms with Crippen molar-refractivity contribution in [3.05, 3.63) is 103 Å². The number of methoxy groups -OCH3 is 2. The fourth-order valence-corrected chi connectivity index (χ4v) is 7.61. The molecule has 1 atom stereocenters. The maximum Gasteiger partial charge on any atom is 0.265 e. The van der Waals surface area contributed by atoms with Gasteiger partial charge in [0.2, 0.25) is 0 Å². The van der Waals surface area contributed by atoms with Gasteiger partial charge in [-0.15, -0.1) is 11.3 Å². The zero-order valence-electron chi connectivity index (χ0n) is 29.6. The van der Waals surface area contributed by atoms with Gasteiger partial charge in [0.15, 0.2) is 0 Å². The van der Waals surface area contributed by atoms with E-state index in [0.717, 1.165) is 40.7 Å². The summed E-state index contributed by atoms with van der Waals surface area (Å²) in [4.78, 5) is 49.7. The Balaban J connectivity index is 1.13. The van der Waals surface area contributed by atoms with Gasteiger partial charge in [-0.3, -0.25) is 19.3 Å². The number of pyridine rings is 1. The highest BCUT2D eigenvalue weighted by atomic mass is 32.1. The molecule has 0 spiro atoms. The first-order valence-electron chi connectivity index (χ1n) is 17.0. The van der Waals surface area contributed by atoms with Crippen LogP contribution in [0.15, 0.2) is 64.5 Å². The molecule has 0 N–H and O–H groups in total. The molecule has 51 heavy (non-hydrogen) atoms. The summed E-state index contributed by atoms with van der Waals surface area (Å²) in [6.45, 7) is 7.39. The molecule has 2 aliphatic rings. The van der Waals surface area contributed by atoms with E-state index in [0.29, 0.717) is 66.9 Å². The third-order valence-electron chi connectivity index (χ3n) is 9.99. The molecule has 1 unspecified atom stereocenters. The van der Waals surface area contributed by atoms with Crippen LogP contribution in [0.2, 0.25) is 0 Å². The van der Waals surface area contributed by atoms with Gasteiger partial charge in [0.25, 0.3) is 17.4 Å². The van der Waals surface area contributed by atoms with Gasteiger partial charge in [-0.1, -0.05) is 12.1 Å². The Morgan fingerprint density at radius 1 is 1.04 bits per heavy atom. The molecule has 2 aromatic heterocycles. The monoisotopic (exact) mass is 706 g/mol. The quantitative estimate of drug-likeness (QED) is 0.168. The Bertz CT molecular complexity index is 2050. The largest absolute Gasteiger partial charge is 0.496 e. The van der Waals surface area contributed by atoms with Crippen LogP contribution in [0.1, 0.15) is 56.5 Å². The molecule has 2 aliphatic heterocycles. The zero-order chi connectivity index (χ0) is 36.2. The number of aromatic nitrogens is 2. The van der Waals surface area contributed by atoms with E-state index in [1.165, 1.54) is 11.3 Å². The van der Waals surface area contributed by atoms with Crippen molar-refractivity contribution in [2.45, 2.75) is 39.3 Å². The minimum absolute atomic E-state index is 0.0176. The summed E-state index contributed by atoms with van der Waals surface area (Å²) < 4.78 is 13.3. The predicted octanol–water partition coefficient (Wildman–Crippen LogP) is 5.37. The van der Waals surface area contributed by atoms with Crippen LogP contribution in [0, 0.1) is 25.2 Å². The molecule has 0 saturated carbocycles. The number of nitrogens with zero attached hydrogens (tertiary/aromatic N) is 6. The molecular formula is C39H42N6O5S. The Morgan fingerprint density at radius 2 is 1.76 bits per heavy atom. The van der Waals surface area contributed by atoms with E-state index in [1.807, 2.05) is 61.3 Å². The van der Waals surface area contributed by atoms with Gasteiger partial charge in [0, 0.05) is 80.8 Å². The number of carbonyl (C=O) groups excluding carboxylic acids is 2. The van der Waals surface area contributed by atoms with Crippen molar-refractivity contribution in [2.75, 3.05) is 46.9 Å². The Hall–Kier alpha value is -5.25. The van der Waals surface area contributed by atoms with E-state index >= 15 is 0 Å². The summed E-state index contributed by atoms with van der Waals surface area (Å²) >= 11 is 1.37. The summed E-state index contributed by atoms with van der Waals surface area (Å²) in [6.07, 6.45) is 6.61. The fraction of sp³-hybridized carbons (Fsp3) is 0.359. The molecule has 2 saturated heterocycles.